The number of likely N-dealkylation sites (tertiary alicyclic amines) is 1. The molecule has 150 valence electrons. The van der Waals surface area contributed by atoms with Crippen LogP contribution in [0, 0.1) is 6.92 Å². The lowest BCUT2D eigenvalue weighted by Crippen LogP contribution is -2.51. The van der Waals surface area contributed by atoms with Crippen molar-refractivity contribution in [1.29, 1.82) is 0 Å². The highest BCUT2D eigenvalue weighted by Crippen LogP contribution is 2.24. The summed E-state index contributed by atoms with van der Waals surface area (Å²) in [7, 11) is 0. The normalized spacial score (nSPS) is 19.2. The van der Waals surface area contributed by atoms with Crippen molar-refractivity contribution in [2.24, 2.45) is 0 Å². The number of nitrogens with zero attached hydrogens (tertiary/aromatic N) is 7. The minimum Gasteiger partial charge on any atom is -0.458 e. The molecule has 0 aliphatic carbocycles. The molecule has 0 bridgehead atoms. The third-order valence-corrected chi connectivity index (χ3v) is 5.08. The molecule has 2 unspecified atom stereocenters. The SMILES string of the molecule is Cc1ccc(-n2nccn2)c(C(=O)N2CCCC(Oc3ncc(Cl)cn3)C2C)n1. The summed E-state index contributed by atoms with van der Waals surface area (Å²) in [4.78, 5) is 29.3. The van der Waals surface area contributed by atoms with E-state index >= 15 is 0 Å². The molecule has 0 saturated carbocycles. The Morgan fingerprint density at radius 2 is 1.93 bits per heavy atom. The van der Waals surface area contributed by atoms with Gasteiger partial charge in [-0.1, -0.05) is 11.6 Å². The number of aryl methyl sites for hydroxylation is 1. The van der Waals surface area contributed by atoms with Crippen LogP contribution in [0.4, 0.5) is 0 Å². The Hall–Kier alpha value is -3.07. The van der Waals surface area contributed by atoms with E-state index in [9.17, 15) is 4.79 Å². The fraction of sp³-hybridized carbons (Fsp3) is 0.368. The molecule has 1 saturated heterocycles. The van der Waals surface area contributed by atoms with Crippen molar-refractivity contribution in [1.82, 2.24) is 34.8 Å². The number of hydrogen-bond acceptors (Lipinski definition) is 7. The van der Waals surface area contributed by atoms with Gasteiger partial charge in [0.2, 0.25) is 0 Å². The van der Waals surface area contributed by atoms with Gasteiger partial charge in [0.25, 0.3) is 5.91 Å². The number of carbonyl (C=O) groups excluding carboxylic acids is 1. The number of aromatic nitrogens is 6. The predicted molar refractivity (Wildman–Crippen MR) is 105 cm³/mol. The molecule has 0 N–H and O–H groups in total. The molecule has 9 nitrogen and oxygen atoms in total. The maximum atomic E-state index is 13.4. The highest BCUT2D eigenvalue weighted by atomic mass is 35.5. The molecule has 1 amide bonds. The predicted octanol–water partition coefficient (Wildman–Crippen LogP) is 2.49. The van der Waals surface area contributed by atoms with Crippen molar-refractivity contribution in [3.05, 3.63) is 53.3 Å². The van der Waals surface area contributed by atoms with Gasteiger partial charge in [-0.15, -0.1) is 4.80 Å². The van der Waals surface area contributed by atoms with Gasteiger partial charge in [0.15, 0.2) is 5.69 Å². The average Bonchev–Trinajstić information content (AvgIpc) is 3.25. The van der Waals surface area contributed by atoms with Crippen LogP contribution in [0.25, 0.3) is 5.69 Å². The molecular formula is C19H20ClN7O2. The van der Waals surface area contributed by atoms with Crippen LogP contribution in [-0.4, -0.2) is 59.4 Å². The smallest absolute Gasteiger partial charge is 0.316 e. The van der Waals surface area contributed by atoms with Crippen molar-refractivity contribution >= 4 is 17.5 Å². The van der Waals surface area contributed by atoms with E-state index in [0.717, 1.165) is 18.5 Å². The topological polar surface area (TPSA) is 98.9 Å². The second-order valence-corrected chi connectivity index (χ2v) is 7.30. The number of ether oxygens (including phenoxy) is 1. The maximum absolute atomic E-state index is 13.4. The van der Waals surface area contributed by atoms with Gasteiger partial charge in [-0.05, 0) is 38.8 Å². The summed E-state index contributed by atoms with van der Waals surface area (Å²) >= 11 is 5.83. The van der Waals surface area contributed by atoms with Crippen LogP contribution in [0.2, 0.25) is 5.02 Å². The molecule has 0 aromatic carbocycles. The van der Waals surface area contributed by atoms with Gasteiger partial charge in [-0.2, -0.15) is 10.2 Å². The second kappa shape index (κ2) is 8.12. The number of pyridine rings is 1. The third kappa shape index (κ3) is 4.04. The summed E-state index contributed by atoms with van der Waals surface area (Å²) in [6, 6.07) is 3.70. The molecule has 1 fully saturated rings. The van der Waals surface area contributed by atoms with Crippen LogP contribution in [0.1, 0.15) is 35.9 Å². The average molecular weight is 414 g/mol. The minimum absolute atomic E-state index is 0.182. The van der Waals surface area contributed by atoms with E-state index in [1.165, 1.54) is 17.2 Å². The van der Waals surface area contributed by atoms with Crippen LogP contribution < -0.4 is 4.74 Å². The summed E-state index contributed by atoms with van der Waals surface area (Å²) in [6.07, 6.45) is 7.47. The zero-order valence-corrected chi connectivity index (χ0v) is 16.8. The molecule has 0 spiro atoms. The molecule has 10 heteroatoms. The Labute approximate surface area is 172 Å². The monoisotopic (exact) mass is 413 g/mol. The number of halogens is 1. The van der Waals surface area contributed by atoms with Crippen molar-refractivity contribution in [3.8, 4) is 11.7 Å². The van der Waals surface area contributed by atoms with Gasteiger partial charge < -0.3 is 9.64 Å². The Morgan fingerprint density at radius 3 is 2.66 bits per heavy atom. The fourth-order valence-corrected chi connectivity index (χ4v) is 3.49. The lowest BCUT2D eigenvalue weighted by atomic mass is 9.99. The first-order valence-electron chi connectivity index (χ1n) is 9.32. The number of piperidine rings is 1. The van der Waals surface area contributed by atoms with E-state index in [0.29, 0.717) is 22.9 Å². The van der Waals surface area contributed by atoms with Crippen molar-refractivity contribution in [3.63, 3.8) is 0 Å². The van der Waals surface area contributed by atoms with Crippen molar-refractivity contribution in [2.45, 2.75) is 38.8 Å². The molecular weight excluding hydrogens is 394 g/mol. The number of rotatable bonds is 4. The first-order valence-corrected chi connectivity index (χ1v) is 9.70. The highest BCUT2D eigenvalue weighted by molar-refractivity contribution is 6.30. The standard InChI is InChI=1S/C19H20ClN7O2/c1-12-5-6-15(27-23-7-8-24-27)17(25-12)18(28)26-9-3-4-16(13(26)2)29-19-21-10-14(20)11-22-19/h5-8,10-11,13,16H,3-4,9H2,1-2H3. The fourth-order valence-electron chi connectivity index (χ4n) is 3.39. The summed E-state index contributed by atoms with van der Waals surface area (Å²) in [5.41, 5.74) is 1.61. The Bertz CT molecular complexity index is 994. The molecule has 4 rings (SSSR count). The summed E-state index contributed by atoms with van der Waals surface area (Å²) in [5, 5.41) is 8.73. The van der Waals surface area contributed by atoms with Gasteiger partial charge in [-0.3, -0.25) is 4.79 Å². The Morgan fingerprint density at radius 1 is 1.21 bits per heavy atom. The summed E-state index contributed by atoms with van der Waals surface area (Å²) < 4.78 is 5.94. The van der Waals surface area contributed by atoms with E-state index in [-0.39, 0.29) is 24.1 Å². The molecule has 0 radical (unpaired) electrons. The molecule has 29 heavy (non-hydrogen) atoms. The first kappa shape index (κ1) is 19.3. The van der Waals surface area contributed by atoms with Crippen LogP contribution >= 0.6 is 11.6 Å². The Balaban J connectivity index is 1.58. The van der Waals surface area contributed by atoms with E-state index in [1.54, 1.807) is 23.4 Å². The van der Waals surface area contributed by atoms with Crippen LogP contribution in [0.15, 0.2) is 36.9 Å². The largest absolute Gasteiger partial charge is 0.458 e. The Kier molecular flexibility index (Phi) is 5.39. The molecule has 3 aromatic rings. The molecule has 1 aliphatic heterocycles. The molecule has 4 heterocycles. The van der Waals surface area contributed by atoms with Crippen LogP contribution in [0.5, 0.6) is 6.01 Å². The van der Waals surface area contributed by atoms with Gasteiger partial charge in [0.05, 0.1) is 35.9 Å². The second-order valence-electron chi connectivity index (χ2n) is 6.86. The van der Waals surface area contributed by atoms with Gasteiger partial charge in [0.1, 0.15) is 11.8 Å². The minimum atomic E-state index is -0.232. The lowest BCUT2D eigenvalue weighted by molar-refractivity contribution is 0.0244. The lowest BCUT2D eigenvalue weighted by Gasteiger charge is -2.38. The highest BCUT2D eigenvalue weighted by Gasteiger charge is 2.35. The van der Waals surface area contributed by atoms with E-state index in [4.69, 9.17) is 16.3 Å². The quantitative estimate of drug-likeness (QED) is 0.647. The number of hydrogen-bond donors (Lipinski definition) is 0. The summed E-state index contributed by atoms with van der Waals surface area (Å²) in [5.74, 6) is -0.182. The molecule has 2 atom stereocenters. The molecule has 1 aliphatic rings. The summed E-state index contributed by atoms with van der Waals surface area (Å²) in [6.45, 7) is 4.42. The zero-order chi connectivity index (χ0) is 20.4. The van der Waals surface area contributed by atoms with E-state index in [1.807, 2.05) is 19.9 Å². The third-order valence-electron chi connectivity index (χ3n) is 4.88. The first-order chi connectivity index (χ1) is 14.0. The van der Waals surface area contributed by atoms with Gasteiger partial charge in [0, 0.05) is 12.2 Å². The van der Waals surface area contributed by atoms with Gasteiger partial charge >= 0.3 is 6.01 Å². The van der Waals surface area contributed by atoms with Gasteiger partial charge in [-0.25, -0.2) is 15.0 Å². The van der Waals surface area contributed by atoms with Crippen LogP contribution in [-0.2, 0) is 0 Å². The number of carbonyl (C=O) groups is 1. The van der Waals surface area contributed by atoms with Crippen molar-refractivity contribution in [2.75, 3.05) is 6.54 Å². The molecule has 3 aromatic heterocycles. The van der Waals surface area contributed by atoms with E-state index in [2.05, 4.69) is 25.1 Å². The number of amides is 1. The van der Waals surface area contributed by atoms with E-state index < -0.39 is 0 Å². The van der Waals surface area contributed by atoms with Crippen LogP contribution in [0.3, 0.4) is 0 Å². The van der Waals surface area contributed by atoms with Crippen molar-refractivity contribution < 1.29 is 9.53 Å². The zero-order valence-electron chi connectivity index (χ0n) is 16.1. The maximum Gasteiger partial charge on any atom is 0.316 e.